The number of hydrogen-bond acceptors (Lipinski definition) is 2. The van der Waals surface area contributed by atoms with Crippen LogP contribution in [0.25, 0.3) is 0 Å². The van der Waals surface area contributed by atoms with Gasteiger partial charge in [-0.15, -0.1) is 0 Å². The Bertz CT molecular complexity index is 536. The van der Waals surface area contributed by atoms with Gasteiger partial charge in [0.05, 0.1) is 11.3 Å². The standard InChI is InChI=1S/C12H11F3N2O2/c13-12(14,15)11(5-6-11)10(19)17-8-4-2-1-3-7(8)9(16)18/h1-4H,5-6H2,(H2,16,18)(H,17,19). The molecule has 102 valence electrons. The van der Waals surface area contributed by atoms with Crippen LogP contribution in [0.5, 0.6) is 0 Å². The van der Waals surface area contributed by atoms with Crippen molar-refractivity contribution in [3.8, 4) is 0 Å². The molecule has 3 N–H and O–H groups in total. The summed E-state index contributed by atoms with van der Waals surface area (Å²) in [6.45, 7) is 0. The van der Waals surface area contributed by atoms with Gasteiger partial charge in [0, 0.05) is 0 Å². The van der Waals surface area contributed by atoms with Crippen LogP contribution in [0, 0.1) is 5.41 Å². The van der Waals surface area contributed by atoms with Gasteiger partial charge in [0.1, 0.15) is 5.41 Å². The van der Waals surface area contributed by atoms with Gasteiger partial charge in [0.2, 0.25) is 5.91 Å². The van der Waals surface area contributed by atoms with Gasteiger partial charge >= 0.3 is 6.18 Å². The topological polar surface area (TPSA) is 72.2 Å². The lowest BCUT2D eigenvalue weighted by Gasteiger charge is -2.19. The molecule has 1 fully saturated rings. The Morgan fingerprint density at radius 2 is 1.79 bits per heavy atom. The van der Waals surface area contributed by atoms with Gasteiger partial charge in [0.25, 0.3) is 5.91 Å². The first kappa shape index (κ1) is 13.4. The van der Waals surface area contributed by atoms with Gasteiger partial charge < -0.3 is 11.1 Å². The third-order valence-electron chi connectivity index (χ3n) is 3.17. The van der Waals surface area contributed by atoms with Gasteiger partial charge in [-0.2, -0.15) is 13.2 Å². The number of halogens is 3. The minimum absolute atomic E-state index is 0.00414. The van der Waals surface area contributed by atoms with Crippen LogP contribution in [-0.2, 0) is 4.79 Å². The quantitative estimate of drug-likeness (QED) is 0.884. The fourth-order valence-electron chi connectivity index (χ4n) is 1.81. The van der Waals surface area contributed by atoms with E-state index in [1.807, 2.05) is 0 Å². The van der Waals surface area contributed by atoms with E-state index < -0.39 is 23.4 Å². The number of primary amides is 1. The van der Waals surface area contributed by atoms with Crippen molar-refractivity contribution in [1.29, 1.82) is 0 Å². The van der Waals surface area contributed by atoms with E-state index in [-0.39, 0.29) is 24.1 Å². The second kappa shape index (κ2) is 4.25. The number of alkyl halides is 3. The Labute approximate surface area is 106 Å². The van der Waals surface area contributed by atoms with Crippen LogP contribution in [0.1, 0.15) is 23.2 Å². The van der Waals surface area contributed by atoms with Crippen molar-refractivity contribution in [2.75, 3.05) is 5.32 Å². The van der Waals surface area contributed by atoms with Crippen molar-refractivity contribution >= 4 is 17.5 Å². The van der Waals surface area contributed by atoms with Gasteiger partial charge in [-0.05, 0) is 25.0 Å². The summed E-state index contributed by atoms with van der Waals surface area (Å²) in [5.74, 6) is -1.96. The van der Waals surface area contributed by atoms with Crippen molar-refractivity contribution in [1.82, 2.24) is 0 Å². The molecule has 1 aromatic carbocycles. The highest BCUT2D eigenvalue weighted by Crippen LogP contribution is 2.58. The summed E-state index contributed by atoms with van der Waals surface area (Å²) in [6.07, 6.45) is -5.05. The SMILES string of the molecule is NC(=O)c1ccccc1NC(=O)C1(C(F)(F)F)CC1. The van der Waals surface area contributed by atoms with E-state index in [0.29, 0.717) is 0 Å². The summed E-state index contributed by atoms with van der Waals surface area (Å²) in [7, 11) is 0. The molecule has 0 radical (unpaired) electrons. The molecule has 19 heavy (non-hydrogen) atoms. The summed E-state index contributed by atoms with van der Waals surface area (Å²) in [6, 6.07) is 5.68. The molecule has 0 unspecified atom stereocenters. The number of nitrogens with one attached hydrogen (secondary N) is 1. The highest BCUT2D eigenvalue weighted by Gasteiger charge is 2.68. The van der Waals surface area contributed by atoms with Crippen LogP contribution in [0.2, 0.25) is 0 Å². The fourth-order valence-corrected chi connectivity index (χ4v) is 1.81. The molecule has 0 heterocycles. The third kappa shape index (κ3) is 2.27. The number of rotatable bonds is 3. The largest absolute Gasteiger partial charge is 0.403 e. The van der Waals surface area contributed by atoms with Gasteiger partial charge in [0.15, 0.2) is 0 Å². The van der Waals surface area contributed by atoms with Crippen LogP contribution < -0.4 is 11.1 Å². The molecule has 0 atom stereocenters. The van der Waals surface area contributed by atoms with Crippen molar-refractivity contribution in [2.24, 2.45) is 11.1 Å². The van der Waals surface area contributed by atoms with E-state index >= 15 is 0 Å². The van der Waals surface area contributed by atoms with E-state index in [9.17, 15) is 22.8 Å². The first-order valence-electron chi connectivity index (χ1n) is 5.55. The monoisotopic (exact) mass is 272 g/mol. The maximum atomic E-state index is 12.8. The first-order valence-corrected chi connectivity index (χ1v) is 5.55. The molecule has 1 saturated carbocycles. The minimum atomic E-state index is -4.58. The average Bonchev–Trinajstić information content (AvgIpc) is 3.09. The number of nitrogens with two attached hydrogens (primary N) is 1. The second-order valence-electron chi connectivity index (χ2n) is 4.44. The molecule has 1 aromatic rings. The third-order valence-corrected chi connectivity index (χ3v) is 3.17. The molecule has 0 spiro atoms. The van der Waals surface area contributed by atoms with Crippen LogP contribution in [0.4, 0.5) is 18.9 Å². The number of carbonyl (C=O) groups is 2. The Hall–Kier alpha value is -2.05. The van der Waals surface area contributed by atoms with E-state index in [2.05, 4.69) is 5.32 Å². The number of anilines is 1. The predicted molar refractivity (Wildman–Crippen MR) is 61.3 cm³/mol. The predicted octanol–water partition coefficient (Wildman–Crippen LogP) is 2.07. The zero-order chi connectivity index (χ0) is 14.3. The summed E-state index contributed by atoms with van der Waals surface area (Å²) in [4.78, 5) is 22.8. The molecule has 0 bridgehead atoms. The molecule has 0 saturated heterocycles. The molecule has 4 nitrogen and oxygen atoms in total. The normalized spacial score (nSPS) is 16.8. The molecule has 2 amide bonds. The van der Waals surface area contributed by atoms with E-state index in [4.69, 9.17) is 5.73 Å². The van der Waals surface area contributed by atoms with E-state index in [0.717, 1.165) is 0 Å². The smallest absolute Gasteiger partial charge is 0.366 e. The molecule has 0 aliphatic heterocycles. The van der Waals surface area contributed by atoms with Crippen molar-refractivity contribution in [3.63, 3.8) is 0 Å². The molecule has 2 rings (SSSR count). The fraction of sp³-hybridized carbons (Fsp3) is 0.333. The lowest BCUT2D eigenvalue weighted by molar-refractivity contribution is -0.189. The van der Waals surface area contributed by atoms with Crippen molar-refractivity contribution in [2.45, 2.75) is 19.0 Å². The molecule has 1 aliphatic carbocycles. The van der Waals surface area contributed by atoms with Crippen molar-refractivity contribution < 1.29 is 22.8 Å². The zero-order valence-corrected chi connectivity index (χ0v) is 9.75. The van der Waals surface area contributed by atoms with Crippen LogP contribution >= 0.6 is 0 Å². The summed E-state index contributed by atoms with van der Waals surface area (Å²) < 4.78 is 38.3. The molecule has 0 aromatic heterocycles. The average molecular weight is 272 g/mol. The van der Waals surface area contributed by atoms with E-state index in [1.54, 1.807) is 0 Å². The Morgan fingerprint density at radius 3 is 2.26 bits per heavy atom. The lowest BCUT2D eigenvalue weighted by Crippen LogP contribution is -2.37. The molecule has 7 heteroatoms. The minimum Gasteiger partial charge on any atom is -0.366 e. The Balaban J connectivity index is 2.24. The highest BCUT2D eigenvalue weighted by atomic mass is 19.4. The van der Waals surface area contributed by atoms with E-state index in [1.165, 1.54) is 24.3 Å². The van der Waals surface area contributed by atoms with Crippen LogP contribution in [0.15, 0.2) is 24.3 Å². The van der Waals surface area contributed by atoms with Gasteiger partial charge in [-0.3, -0.25) is 9.59 Å². The van der Waals surface area contributed by atoms with Crippen LogP contribution in [0.3, 0.4) is 0 Å². The Morgan fingerprint density at radius 1 is 1.21 bits per heavy atom. The Kier molecular flexibility index (Phi) is 3.00. The molecular formula is C12H11F3N2O2. The first-order chi connectivity index (χ1) is 8.78. The number of hydrogen-bond donors (Lipinski definition) is 2. The number of para-hydroxylation sites is 1. The van der Waals surface area contributed by atoms with Crippen LogP contribution in [-0.4, -0.2) is 18.0 Å². The highest BCUT2D eigenvalue weighted by molar-refractivity contribution is 6.05. The number of amides is 2. The summed E-state index contributed by atoms with van der Waals surface area (Å²) in [5, 5.41) is 2.14. The zero-order valence-electron chi connectivity index (χ0n) is 9.75. The lowest BCUT2D eigenvalue weighted by atomic mass is 10.0. The summed E-state index contributed by atoms with van der Waals surface area (Å²) >= 11 is 0. The van der Waals surface area contributed by atoms with Crippen molar-refractivity contribution in [3.05, 3.63) is 29.8 Å². The maximum absolute atomic E-state index is 12.8. The van der Waals surface area contributed by atoms with Gasteiger partial charge in [-0.25, -0.2) is 0 Å². The second-order valence-corrected chi connectivity index (χ2v) is 4.44. The van der Waals surface area contributed by atoms with Gasteiger partial charge in [-0.1, -0.05) is 12.1 Å². The number of carbonyl (C=O) groups excluding carboxylic acids is 2. The maximum Gasteiger partial charge on any atom is 0.403 e. The number of benzene rings is 1. The summed E-state index contributed by atoms with van der Waals surface area (Å²) in [5.41, 5.74) is 2.74. The molecular weight excluding hydrogens is 261 g/mol. The molecule has 1 aliphatic rings.